The molecule has 1 fully saturated rings. The molecular formula is C20H29N3O2. The first-order valence-corrected chi connectivity index (χ1v) is 9.51. The summed E-state index contributed by atoms with van der Waals surface area (Å²) in [7, 11) is 0. The highest BCUT2D eigenvalue weighted by Gasteiger charge is 2.41. The fourth-order valence-corrected chi connectivity index (χ4v) is 4.28. The molecule has 4 aliphatic rings. The first-order chi connectivity index (χ1) is 12.0. The van der Waals surface area contributed by atoms with E-state index in [1.165, 1.54) is 37.7 Å². The van der Waals surface area contributed by atoms with Gasteiger partial charge in [-0.3, -0.25) is 5.01 Å². The predicted octanol–water partition coefficient (Wildman–Crippen LogP) is 3.04. The van der Waals surface area contributed by atoms with E-state index in [1.54, 1.807) is 6.26 Å². The van der Waals surface area contributed by atoms with Gasteiger partial charge >= 0.3 is 0 Å². The largest absolute Gasteiger partial charge is 0.465 e. The first-order valence-electron chi connectivity index (χ1n) is 9.51. The molecule has 2 aliphatic heterocycles. The highest BCUT2D eigenvalue weighted by Crippen LogP contribution is 2.37. The smallest absolute Gasteiger partial charge is 0.163 e. The lowest BCUT2D eigenvalue weighted by molar-refractivity contribution is -0.0698. The van der Waals surface area contributed by atoms with Gasteiger partial charge in [0.1, 0.15) is 5.76 Å². The molecule has 25 heavy (non-hydrogen) atoms. The quantitative estimate of drug-likeness (QED) is 0.732. The van der Waals surface area contributed by atoms with E-state index in [9.17, 15) is 5.11 Å². The van der Waals surface area contributed by atoms with Crippen molar-refractivity contribution in [2.24, 2.45) is 5.92 Å². The molecule has 0 aromatic heterocycles. The zero-order chi connectivity index (χ0) is 17.4. The van der Waals surface area contributed by atoms with Gasteiger partial charge in [-0.25, -0.2) is 5.43 Å². The molecule has 0 amide bonds. The van der Waals surface area contributed by atoms with Crippen LogP contribution in [-0.4, -0.2) is 28.4 Å². The summed E-state index contributed by atoms with van der Waals surface area (Å²) in [5.41, 5.74) is 6.37. The zero-order valence-corrected chi connectivity index (χ0v) is 15.2. The number of rotatable bonds is 4. The van der Waals surface area contributed by atoms with E-state index in [0.29, 0.717) is 0 Å². The lowest BCUT2D eigenvalue weighted by atomic mass is 9.91. The van der Waals surface area contributed by atoms with Crippen LogP contribution in [0.4, 0.5) is 0 Å². The molecule has 5 heteroatoms. The maximum Gasteiger partial charge on any atom is 0.163 e. The fourth-order valence-electron chi connectivity index (χ4n) is 4.28. The Balaban J connectivity index is 1.53. The first kappa shape index (κ1) is 16.7. The van der Waals surface area contributed by atoms with Crippen molar-refractivity contribution in [3.8, 4) is 0 Å². The summed E-state index contributed by atoms with van der Waals surface area (Å²) in [5, 5.41) is 16.4. The second kappa shape index (κ2) is 6.54. The second-order valence-corrected chi connectivity index (χ2v) is 8.13. The van der Waals surface area contributed by atoms with Crippen LogP contribution in [0.15, 0.2) is 47.2 Å². The molecule has 4 rings (SSSR count). The summed E-state index contributed by atoms with van der Waals surface area (Å²) in [5.74, 6) is 1.71. The lowest BCUT2D eigenvalue weighted by Crippen LogP contribution is -2.64. The van der Waals surface area contributed by atoms with Gasteiger partial charge in [0.2, 0.25) is 0 Å². The number of hydrazine groups is 1. The highest BCUT2D eigenvalue weighted by atomic mass is 16.5. The van der Waals surface area contributed by atoms with Gasteiger partial charge in [0, 0.05) is 30.3 Å². The fraction of sp³-hybridized carbons (Fsp3) is 0.600. The van der Waals surface area contributed by atoms with Gasteiger partial charge in [-0.15, -0.1) is 0 Å². The number of ether oxygens (including phenoxy) is 1. The molecule has 0 unspecified atom stereocenters. The molecule has 0 aromatic carbocycles. The molecule has 0 aromatic rings. The Labute approximate surface area is 150 Å². The third kappa shape index (κ3) is 3.23. The summed E-state index contributed by atoms with van der Waals surface area (Å²) in [4.78, 5) is 0. The minimum Gasteiger partial charge on any atom is -0.465 e. The number of nitrogens with zero attached hydrogens (tertiary/aromatic N) is 1. The van der Waals surface area contributed by atoms with Crippen molar-refractivity contribution in [3.05, 3.63) is 47.2 Å². The Morgan fingerprint density at radius 1 is 1.36 bits per heavy atom. The van der Waals surface area contributed by atoms with Gasteiger partial charge in [-0.1, -0.05) is 31.8 Å². The molecule has 0 saturated heterocycles. The molecule has 3 N–H and O–H groups in total. The number of fused-ring (bicyclic) bond motifs is 1. The summed E-state index contributed by atoms with van der Waals surface area (Å²) < 4.78 is 5.67. The minimum atomic E-state index is -0.642. The van der Waals surface area contributed by atoms with Crippen molar-refractivity contribution in [2.75, 3.05) is 6.54 Å². The molecule has 0 radical (unpaired) electrons. The zero-order valence-electron chi connectivity index (χ0n) is 15.2. The van der Waals surface area contributed by atoms with Crippen molar-refractivity contribution in [2.45, 2.75) is 64.1 Å². The van der Waals surface area contributed by atoms with Crippen LogP contribution in [0.3, 0.4) is 0 Å². The molecule has 5 nitrogen and oxygen atoms in total. The number of hydrogen-bond acceptors (Lipinski definition) is 5. The van der Waals surface area contributed by atoms with Crippen LogP contribution in [-0.2, 0) is 4.74 Å². The third-order valence-electron chi connectivity index (χ3n) is 5.76. The van der Waals surface area contributed by atoms with E-state index in [-0.39, 0.29) is 0 Å². The molecular weight excluding hydrogens is 314 g/mol. The lowest BCUT2D eigenvalue weighted by Gasteiger charge is -2.48. The van der Waals surface area contributed by atoms with E-state index >= 15 is 0 Å². The summed E-state index contributed by atoms with van der Waals surface area (Å²) in [6.07, 6.45) is 14.5. The summed E-state index contributed by atoms with van der Waals surface area (Å²) >= 11 is 0. The van der Waals surface area contributed by atoms with Crippen LogP contribution >= 0.6 is 0 Å². The van der Waals surface area contributed by atoms with Crippen LogP contribution in [0.1, 0.15) is 52.4 Å². The Kier molecular flexibility index (Phi) is 4.38. The normalized spacial score (nSPS) is 28.0. The van der Waals surface area contributed by atoms with Crippen molar-refractivity contribution in [3.63, 3.8) is 0 Å². The van der Waals surface area contributed by atoms with Gasteiger partial charge in [0.05, 0.1) is 17.5 Å². The Bertz CT molecular complexity index is 654. The van der Waals surface area contributed by atoms with Gasteiger partial charge in [-0.05, 0) is 32.3 Å². The van der Waals surface area contributed by atoms with E-state index in [0.717, 1.165) is 36.0 Å². The summed E-state index contributed by atoms with van der Waals surface area (Å²) in [6, 6.07) is 0. The molecule has 0 spiro atoms. The Morgan fingerprint density at radius 3 is 2.96 bits per heavy atom. The monoisotopic (exact) mass is 343 g/mol. The molecule has 1 saturated carbocycles. The van der Waals surface area contributed by atoms with Crippen LogP contribution < -0.4 is 10.7 Å². The van der Waals surface area contributed by atoms with Gasteiger partial charge in [-0.2, -0.15) is 0 Å². The van der Waals surface area contributed by atoms with Crippen LogP contribution in [0.25, 0.3) is 0 Å². The molecule has 136 valence electrons. The third-order valence-corrected chi connectivity index (χ3v) is 5.76. The van der Waals surface area contributed by atoms with E-state index in [1.807, 2.05) is 31.0 Å². The van der Waals surface area contributed by atoms with Crippen molar-refractivity contribution >= 4 is 0 Å². The maximum absolute atomic E-state index is 10.9. The topological polar surface area (TPSA) is 56.8 Å². The van der Waals surface area contributed by atoms with Crippen LogP contribution in [0, 0.1) is 5.92 Å². The maximum atomic E-state index is 10.9. The van der Waals surface area contributed by atoms with Crippen molar-refractivity contribution in [1.82, 2.24) is 15.8 Å². The average molecular weight is 343 g/mol. The van der Waals surface area contributed by atoms with Crippen molar-refractivity contribution in [1.29, 1.82) is 0 Å². The highest BCUT2D eigenvalue weighted by molar-refractivity contribution is 5.47. The summed E-state index contributed by atoms with van der Waals surface area (Å²) in [6.45, 7) is 4.97. The number of aliphatic hydroxyl groups is 1. The number of aliphatic hydroxyl groups excluding tert-OH is 1. The predicted molar refractivity (Wildman–Crippen MR) is 97.7 cm³/mol. The minimum absolute atomic E-state index is 0.420. The Morgan fingerprint density at radius 2 is 2.16 bits per heavy atom. The van der Waals surface area contributed by atoms with E-state index < -0.39 is 11.8 Å². The second-order valence-electron chi connectivity index (χ2n) is 8.13. The van der Waals surface area contributed by atoms with E-state index in [4.69, 9.17) is 4.74 Å². The van der Waals surface area contributed by atoms with Crippen LogP contribution in [0.2, 0.25) is 0 Å². The van der Waals surface area contributed by atoms with Gasteiger partial charge < -0.3 is 15.2 Å². The average Bonchev–Trinajstić information content (AvgIpc) is 3.10. The number of nitrogens with one attached hydrogen (secondary N) is 2. The van der Waals surface area contributed by atoms with E-state index in [2.05, 4.69) is 16.8 Å². The van der Waals surface area contributed by atoms with Crippen LogP contribution in [0.5, 0.6) is 0 Å². The molecule has 0 bridgehead atoms. The molecule has 2 heterocycles. The molecule has 2 aliphatic carbocycles. The van der Waals surface area contributed by atoms with Gasteiger partial charge in [0.15, 0.2) is 6.23 Å². The molecule has 1 atom stereocenters. The standard InChI is InChI=1S/C20H29N3O2/c1-20(2)19(24)23(21-10-9-14-6-3-4-7-14)17-13-18-15(8-5-11-25-18)12-16(17)22-20/h5,8,11,13-14,19,21-22,24H,3-4,6-7,9-10,12H2,1-2H3/t19-/m1/s1. The Hall–Kier alpha value is -1.72. The number of allylic oxidation sites excluding steroid dienone is 5. The van der Waals surface area contributed by atoms with Crippen molar-refractivity contribution < 1.29 is 9.84 Å². The SMILES string of the molecule is CC1(C)NC2=C(C=C3OC=CC=C3C2)N(NCCC2CCCC2)[C@@H]1O. The number of hydrogen-bond donors (Lipinski definition) is 3. The van der Waals surface area contributed by atoms with Gasteiger partial charge in [0.25, 0.3) is 0 Å².